The van der Waals surface area contributed by atoms with Gasteiger partial charge in [-0.15, -0.1) is 0 Å². The molecule has 1 aromatic heterocycles. The van der Waals surface area contributed by atoms with Crippen LogP contribution in [0.4, 0.5) is 0 Å². The van der Waals surface area contributed by atoms with E-state index >= 15 is 0 Å². The topological polar surface area (TPSA) is 46.9 Å². The van der Waals surface area contributed by atoms with Gasteiger partial charge in [0.25, 0.3) is 5.91 Å². The van der Waals surface area contributed by atoms with E-state index in [0.29, 0.717) is 11.6 Å². The van der Waals surface area contributed by atoms with Gasteiger partial charge in [-0.3, -0.25) is 9.48 Å². The Morgan fingerprint density at radius 3 is 2.94 bits per heavy atom. The van der Waals surface area contributed by atoms with Crippen LogP contribution in [0.5, 0.6) is 0 Å². The molecule has 0 aliphatic heterocycles. The molecule has 4 nitrogen and oxygen atoms in total. The summed E-state index contributed by atoms with van der Waals surface area (Å²) < 4.78 is 1.74. The zero-order chi connectivity index (χ0) is 12.5. The van der Waals surface area contributed by atoms with E-state index in [2.05, 4.69) is 16.5 Å². The van der Waals surface area contributed by atoms with Crippen molar-refractivity contribution >= 4 is 5.91 Å². The smallest absolute Gasteiger partial charge is 0.251 e. The first-order chi connectivity index (χ1) is 8.72. The number of hydrogen-bond acceptors (Lipinski definition) is 2. The van der Waals surface area contributed by atoms with E-state index in [1.54, 1.807) is 16.9 Å². The third kappa shape index (κ3) is 2.27. The molecule has 18 heavy (non-hydrogen) atoms. The van der Waals surface area contributed by atoms with Gasteiger partial charge in [0, 0.05) is 30.4 Å². The second-order valence-corrected chi connectivity index (χ2v) is 4.66. The molecule has 1 amide bonds. The summed E-state index contributed by atoms with van der Waals surface area (Å²) in [6.07, 6.45) is 5.90. The Hall–Kier alpha value is -2.10. The van der Waals surface area contributed by atoms with Gasteiger partial charge in [0.05, 0.1) is 6.20 Å². The SMILES string of the molecule is Cn1cc(-c2c[c]cc(C(=O)NC3CC3)c2)cn1. The fourth-order valence-electron chi connectivity index (χ4n) is 1.84. The highest BCUT2D eigenvalue weighted by molar-refractivity contribution is 5.95. The number of nitrogens with one attached hydrogen (secondary N) is 1. The highest BCUT2D eigenvalue weighted by Crippen LogP contribution is 2.21. The third-order valence-corrected chi connectivity index (χ3v) is 3.00. The van der Waals surface area contributed by atoms with Crippen LogP contribution in [0.3, 0.4) is 0 Å². The molecule has 1 aliphatic rings. The molecule has 1 N–H and O–H groups in total. The summed E-state index contributed by atoms with van der Waals surface area (Å²) in [4.78, 5) is 11.9. The van der Waals surface area contributed by atoms with Crippen LogP contribution in [-0.4, -0.2) is 21.7 Å². The van der Waals surface area contributed by atoms with Crippen LogP contribution in [-0.2, 0) is 7.05 Å². The predicted octanol–water partition coefficient (Wildman–Crippen LogP) is 1.78. The van der Waals surface area contributed by atoms with E-state index in [4.69, 9.17) is 0 Å². The van der Waals surface area contributed by atoms with E-state index in [1.807, 2.05) is 25.4 Å². The molecule has 1 saturated carbocycles. The number of hydrogen-bond donors (Lipinski definition) is 1. The van der Waals surface area contributed by atoms with Crippen molar-refractivity contribution in [3.05, 3.63) is 42.2 Å². The number of amides is 1. The van der Waals surface area contributed by atoms with Crippen LogP contribution in [0.2, 0.25) is 0 Å². The lowest BCUT2D eigenvalue weighted by atomic mass is 10.1. The van der Waals surface area contributed by atoms with Crippen LogP contribution in [0.1, 0.15) is 23.2 Å². The van der Waals surface area contributed by atoms with Gasteiger partial charge in [-0.25, -0.2) is 0 Å². The highest BCUT2D eigenvalue weighted by atomic mass is 16.1. The zero-order valence-electron chi connectivity index (χ0n) is 10.2. The van der Waals surface area contributed by atoms with E-state index in [9.17, 15) is 4.79 Å². The Kier molecular flexibility index (Phi) is 2.63. The Bertz CT molecular complexity index is 584. The molecular formula is C14H14N3O. The molecule has 1 heterocycles. The van der Waals surface area contributed by atoms with Gasteiger partial charge in [0.15, 0.2) is 0 Å². The fraction of sp³-hybridized carbons (Fsp3) is 0.286. The summed E-state index contributed by atoms with van der Waals surface area (Å²) in [7, 11) is 1.87. The zero-order valence-corrected chi connectivity index (χ0v) is 10.2. The van der Waals surface area contributed by atoms with Crippen molar-refractivity contribution in [1.82, 2.24) is 15.1 Å². The molecule has 2 aromatic rings. The average Bonchev–Trinajstić information content (AvgIpc) is 3.08. The van der Waals surface area contributed by atoms with Crippen LogP contribution in [0, 0.1) is 6.07 Å². The minimum absolute atomic E-state index is 0.0144. The predicted molar refractivity (Wildman–Crippen MR) is 68.0 cm³/mol. The molecule has 0 saturated heterocycles. The lowest BCUT2D eigenvalue weighted by Gasteiger charge is -2.04. The molecule has 0 spiro atoms. The van der Waals surface area contributed by atoms with Crippen LogP contribution in [0.25, 0.3) is 11.1 Å². The molecule has 3 rings (SSSR count). The monoisotopic (exact) mass is 240 g/mol. The lowest BCUT2D eigenvalue weighted by molar-refractivity contribution is 0.0951. The molecule has 1 radical (unpaired) electrons. The third-order valence-electron chi connectivity index (χ3n) is 3.00. The van der Waals surface area contributed by atoms with Gasteiger partial charge in [-0.1, -0.05) is 0 Å². The first-order valence-corrected chi connectivity index (χ1v) is 6.03. The van der Waals surface area contributed by atoms with Crippen molar-refractivity contribution in [2.45, 2.75) is 18.9 Å². The van der Waals surface area contributed by atoms with Gasteiger partial charge < -0.3 is 5.32 Å². The van der Waals surface area contributed by atoms with Crippen LogP contribution in [0.15, 0.2) is 30.6 Å². The van der Waals surface area contributed by atoms with Crippen LogP contribution >= 0.6 is 0 Å². The molecular weight excluding hydrogens is 226 g/mol. The number of aryl methyl sites for hydroxylation is 1. The average molecular weight is 240 g/mol. The van der Waals surface area contributed by atoms with Crippen molar-refractivity contribution < 1.29 is 4.79 Å². The second-order valence-electron chi connectivity index (χ2n) is 4.66. The first kappa shape index (κ1) is 11.0. The van der Waals surface area contributed by atoms with Crippen LogP contribution < -0.4 is 5.32 Å². The molecule has 91 valence electrons. The van der Waals surface area contributed by atoms with Crippen molar-refractivity contribution in [2.75, 3.05) is 0 Å². The maximum atomic E-state index is 11.9. The summed E-state index contributed by atoms with van der Waals surface area (Å²) in [5.41, 5.74) is 2.62. The number of rotatable bonds is 3. The summed E-state index contributed by atoms with van der Waals surface area (Å²) in [5, 5.41) is 7.10. The summed E-state index contributed by atoms with van der Waals surface area (Å²) in [6.45, 7) is 0. The Morgan fingerprint density at radius 2 is 2.28 bits per heavy atom. The van der Waals surface area contributed by atoms with Gasteiger partial charge >= 0.3 is 0 Å². The van der Waals surface area contributed by atoms with E-state index < -0.39 is 0 Å². The minimum Gasteiger partial charge on any atom is -0.349 e. The number of carbonyl (C=O) groups is 1. The largest absolute Gasteiger partial charge is 0.349 e. The molecule has 1 fully saturated rings. The fourth-order valence-corrected chi connectivity index (χ4v) is 1.84. The maximum Gasteiger partial charge on any atom is 0.251 e. The molecule has 0 bridgehead atoms. The molecule has 1 aromatic carbocycles. The van der Waals surface area contributed by atoms with Crippen molar-refractivity contribution in [3.8, 4) is 11.1 Å². The Labute approximate surface area is 106 Å². The van der Waals surface area contributed by atoms with Gasteiger partial charge in [-0.05, 0) is 42.7 Å². The maximum absolute atomic E-state index is 11.9. The molecule has 1 aliphatic carbocycles. The summed E-state index contributed by atoms with van der Waals surface area (Å²) in [5.74, 6) is -0.0144. The lowest BCUT2D eigenvalue weighted by Crippen LogP contribution is -2.25. The first-order valence-electron chi connectivity index (χ1n) is 6.03. The molecule has 0 atom stereocenters. The van der Waals surface area contributed by atoms with E-state index in [1.165, 1.54) is 0 Å². The summed E-state index contributed by atoms with van der Waals surface area (Å²) in [6, 6.07) is 8.85. The molecule has 4 heteroatoms. The van der Waals surface area contributed by atoms with Crippen molar-refractivity contribution in [1.29, 1.82) is 0 Å². The van der Waals surface area contributed by atoms with Crippen molar-refractivity contribution in [3.63, 3.8) is 0 Å². The highest BCUT2D eigenvalue weighted by Gasteiger charge is 2.23. The quantitative estimate of drug-likeness (QED) is 0.889. The Balaban J connectivity index is 1.86. The number of benzene rings is 1. The standard InChI is InChI=1S/C14H14N3O/c1-17-9-12(8-15-17)10-3-2-4-11(7-10)14(18)16-13-5-6-13/h3-4,7-9,13H,5-6H2,1H3,(H,16,18). The van der Waals surface area contributed by atoms with Gasteiger partial charge in [-0.2, -0.15) is 5.10 Å². The minimum atomic E-state index is -0.0144. The Morgan fingerprint density at radius 1 is 1.44 bits per heavy atom. The van der Waals surface area contributed by atoms with Gasteiger partial charge in [0.1, 0.15) is 0 Å². The summed E-state index contributed by atoms with van der Waals surface area (Å²) >= 11 is 0. The number of aromatic nitrogens is 2. The van der Waals surface area contributed by atoms with Crippen molar-refractivity contribution in [2.24, 2.45) is 7.05 Å². The van der Waals surface area contributed by atoms with E-state index in [0.717, 1.165) is 24.0 Å². The van der Waals surface area contributed by atoms with Gasteiger partial charge in [0.2, 0.25) is 0 Å². The van der Waals surface area contributed by atoms with E-state index in [-0.39, 0.29) is 5.91 Å². The number of nitrogens with zero attached hydrogens (tertiary/aromatic N) is 2. The number of carbonyl (C=O) groups excluding carboxylic acids is 1. The normalized spacial score (nSPS) is 14.5. The molecule has 0 unspecified atom stereocenters. The second kappa shape index (κ2) is 4.29.